The zero-order valence-corrected chi connectivity index (χ0v) is 7.10. The van der Waals surface area contributed by atoms with Crippen LogP contribution < -0.4 is 11.5 Å². The van der Waals surface area contributed by atoms with Crippen molar-refractivity contribution in [3.05, 3.63) is 10.1 Å². The predicted molar refractivity (Wildman–Crippen MR) is 44.5 cm³/mol. The Morgan fingerprint density at radius 2 is 2.08 bits per heavy atom. The molecule has 0 aliphatic carbocycles. The van der Waals surface area contributed by atoms with Crippen LogP contribution in [-0.4, -0.2) is 28.2 Å². The number of nitrogens with two attached hydrogens (primary N) is 2. The topological polar surface area (TPSA) is 132 Å². The minimum atomic E-state index is -2.37. The predicted octanol–water partition coefficient (Wildman–Crippen LogP) is -0.868. The van der Waals surface area contributed by atoms with Gasteiger partial charge >= 0.3 is 11.6 Å². The maximum atomic E-state index is 10.5. The van der Waals surface area contributed by atoms with Crippen molar-refractivity contribution in [1.29, 1.82) is 0 Å². The second-order valence-corrected chi connectivity index (χ2v) is 2.73. The Bertz CT molecular complexity index is 192. The summed E-state index contributed by atoms with van der Waals surface area (Å²) in [7, 11) is 0. The van der Waals surface area contributed by atoms with Gasteiger partial charge in [0.15, 0.2) is 0 Å². The highest BCUT2D eigenvalue weighted by molar-refractivity contribution is 5.76. The quantitative estimate of drug-likeness (QED) is 0.216. The van der Waals surface area contributed by atoms with E-state index in [1.807, 2.05) is 0 Å². The first kappa shape index (κ1) is 11.8. The summed E-state index contributed by atoms with van der Waals surface area (Å²) < 4.78 is 0. The number of aliphatic carboxylic acids is 1. The summed E-state index contributed by atoms with van der Waals surface area (Å²) >= 11 is 0. The van der Waals surface area contributed by atoms with Crippen molar-refractivity contribution in [2.45, 2.75) is 24.9 Å². The van der Waals surface area contributed by atoms with Gasteiger partial charge in [-0.1, -0.05) is 0 Å². The summed E-state index contributed by atoms with van der Waals surface area (Å²) in [6, 6.07) is 0. The van der Waals surface area contributed by atoms with Crippen molar-refractivity contribution in [3.8, 4) is 0 Å². The maximum absolute atomic E-state index is 10.5. The van der Waals surface area contributed by atoms with E-state index in [0.29, 0.717) is 19.4 Å². The van der Waals surface area contributed by atoms with Gasteiger partial charge in [-0.2, -0.15) is 0 Å². The third-order valence-electron chi connectivity index (χ3n) is 1.71. The highest BCUT2D eigenvalue weighted by atomic mass is 16.6. The largest absolute Gasteiger partial charge is 0.475 e. The zero-order valence-electron chi connectivity index (χ0n) is 7.10. The van der Waals surface area contributed by atoms with Crippen LogP contribution in [0.5, 0.6) is 0 Å². The smallest absolute Gasteiger partial charge is 0.398 e. The third kappa shape index (κ3) is 2.96. The van der Waals surface area contributed by atoms with Gasteiger partial charge in [-0.3, -0.25) is 15.8 Å². The van der Waals surface area contributed by atoms with Gasteiger partial charge in [0, 0.05) is 6.42 Å². The van der Waals surface area contributed by atoms with E-state index in [9.17, 15) is 14.9 Å². The number of nitro groups is 1. The Morgan fingerprint density at radius 3 is 2.38 bits per heavy atom. The van der Waals surface area contributed by atoms with Crippen LogP contribution in [0.25, 0.3) is 0 Å². The lowest BCUT2D eigenvalue weighted by Crippen LogP contribution is -2.54. The Hall–Kier alpha value is -1.21. The van der Waals surface area contributed by atoms with Crippen LogP contribution in [0.15, 0.2) is 0 Å². The summed E-state index contributed by atoms with van der Waals surface area (Å²) in [5, 5.41) is 18.8. The van der Waals surface area contributed by atoms with Crippen LogP contribution in [0.4, 0.5) is 0 Å². The highest BCUT2D eigenvalue weighted by Gasteiger charge is 2.46. The highest BCUT2D eigenvalue weighted by Crippen LogP contribution is 2.12. The zero-order chi connectivity index (χ0) is 10.5. The first-order chi connectivity index (χ1) is 5.95. The molecule has 7 heteroatoms. The number of hydrogen-bond donors (Lipinski definition) is 3. The number of unbranched alkanes of at least 4 members (excludes halogenated alkanes) is 1. The van der Waals surface area contributed by atoms with Gasteiger partial charge in [0.25, 0.3) is 0 Å². The molecule has 0 aliphatic heterocycles. The lowest BCUT2D eigenvalue weighted by molar-refractivity contribution is -0.555. The average Bonchev–Trinajstić information content (AvgIpc) is 2.03. The normalized spacial score (nSPS) is 14.9. The standard InChI is InChI=1S/C6H13N3O4/c7-4-2-1-3-6(8,5(10)11)9(12)13/h1-4,7-8H2,(H,10,11)/t6-/m1/s1. The Kier molecular flexibility index (Phi) is 4.29. The molecule has 0 rings (SSSR count). The van der Waals surface area contributed by atoms with Gasteiger partial charge in [-0.25, -0.2) is 4.79 Å². The third-order valence-corrected chi connectivity index (χ3v) is 1.71. The Balaban J connectivity index is 4.26. The molecule has 0 aromatic carbocycles. The van der Waals surface area contributed by atoms with Crippen LogP contribution >= 0.6 is 0 Å². The lowest BCUT2D eigenvalue weighted by atomic mass is 10.0. The van der Waals surface area contributed by atoms with Gasteiger partial charge < -0.3 is 10.8 Å². The van der Waals surface area contributed by atoms with E-state index in [1.54, 1.807) is 0 Å². The summed E-state index contributed by atoms with van der Waals surface area (Å²) in [6.07, 6.45) is 0.660. The van der Waals surface area contributed by atoms with E-state index >= 15 is 0 Å². The fourth-order valence-electron chi connectivity index (χ4n) is 0.815. The Morgan fingerprint density at radius 1 is 1.54 bits per heavy atom. The molecule has 0 amide bonds. The molecule has 5 N–H and O–H groups in total. The number of rotatable bonds is 6. The maximum Gasteiger partial charge on any atom is 0.398 e. The van der Waals surface area contributed by atoms with Crippen LogP contribution in [0.3, 0.4) is 0 Å². The van der Waals surface area contributed by atoms with Gasteiger partial charge in [-0.15, -0.1) is 0 Å². The molecule has 76 valence electrons. The van der Waals surface area contributed by atoms with Crippen molar-refractivity contribution >= 4 is 5.97 Å². The van der Waals surface area contributed by atoms with E-state index in [1.165, 1.54) is 0 Å². The molecular weight excluding hydrogens is 178 g/mol. The van der Waals surface area contributed by atoms with Gasteiger partial charge in [0.05, 0.1) is 4.92 Å². The Labute approximate surface area is 74.9 Å². The van der Waals surface area contributed by atoms with Crippen molar-refractivity contribution in [3.63, 3.8) is 0 Å². The van der Waals surface area contributed by atoms with Crippen LogP contribution in [0.1, 0.15) is 19.3 Å². The van der Waals surface area contributed by atoms with Gasteiger partial charge in [0.2, 0.25) is 0 Å². The van der Waals surface area contributed by atoms with Crippen molar-refractivity contribution in [2.24, 2.45) is 11.5 Å². The minimum absolute atomic E-state index is 0.202. The molecule has 0 spiro atoms. The molecule has 0 heterocycles. The van der Waals surface area contributed by atoms with Crippen LogP contribution in [-0.2, 0) is 4.79 Å². The lowest BCUT2D eigenvalue weighted by Gasteiger charge is -2.14. The number of carboxylic acids is 1. The summed E-state index contributed by atoms with van der Waals surface area (Å²) in [5.41, 5.74) is 7.87. The molecule has 0 aromatic heterocycles. The number of nitrogens with zero attached hydrogens (tertiary/aromatic N) is 1. The van der Waals surface area contributed by atoms with Crippen molar-refractivity contribution < 1.29 is 14.8 Å². The molecule has 7 nitrogen and oxygen atoms in total. The molecule has 1 atom stereocenters. The first-order valence-corrected chi connectivity index (χ1v) is 3.82. The van der Waals surface area contributed by atoms with Crippen LogP contribution in [0.2, 0.25) is 0 Å². The second-order valence-electron chi connectivity index (χ2n) is 2.73. The molecule has 0 radical (unpaired) electrons. The SMILES string of the molecule is NCCCC[C@](N)(C(=O)O)[N+](=O)[O-]. The molecule has 0 unspecified atom stereocenters. The van der Waals surface area contributed by atoms with E-state index < -0.39 is 16.6 Å². The minimum Gasteiger partial charge on any atom is -0.475 e. The number of carbonyl (C=O) groups is 1. The monoisotopic (exact) mass is 191 g/mol. The molecule has 0 aromatic rings. The summed E-state index contributed by atoms with van der Waals surface area (Å²) in [4.78, 5) is 19.8. The molecular formula is C6H13N3O4. The molecule has 0 saturated heterocycles. The van der Waals surface area contributed by atoms with Gasteiger partial charge in [0.1, 0.15) is 0 Å². The first-order valence-electron chi connectivity index (χ1n) is 3.82. The average molecular weight is 191 g/mol. The van der Waals surface area contributed by atoms with Crippen molar-refractivity contribution in [2.75, 3.05) is 6.54 Å². The molecule has 0 bridgehead atoms. The second kappa shape index (κ2) is 4.73. The number of hydrogen-bond acceptors (Lipinski definition) is 5. The number of carboxylic acid groups (broad SMARTS) is 1. The molecule has 0 saturated carbocycles. The van der Waals surface area contributed by atoms with Gasteiger partial charge in [-0.05, 0) is 19.4 Å². The summed E-state index contributed by atoms with van der Waals surface area (Å²) in [5.74, 6) is -1.62. The van der Waals surface area contributed by atoms with E-state index in [0.717, 1.165) is 0 Å². The molecule has 13 heavy (non-hydrogen) atoms. The van der Waals surface area contributed by atoms with E-state index in [4.69, 9.17) is 16.6 Å². The fraction of sp³-hybridized carbons (Fsp3) is 0.833. The van der Waals surface area contributed by atoms with E-state index in [2.05, 4.69) is 0 Å². The summed E-state index contributed by atoms with van der Waals surface area (Å²) in [6.45, 7) is 0.368. The van der Waals surface area contributed by atoms with Crippen molar-refractivity contribution in [1.82, 2.24) is 0 Å². The fourth-order valence-corrected chi connectivity index (χ4v) is 0.815. The molecule has 0 aliphatic rings. The molecule has 0 fully saturated rings. The van der Waals surface area contributed by atoms with E-state index in [-0.39, 0.29) is 6.42 Å². The van der Waals surface area contributed by atoms with Crippen LogP contribution in [0, 0.1) is 10.1 Å².